The number of carbonyl (C=O) groups is 1. The van der Waals surface area contributed by atoms with Crippen LogP contribution in [0.15, 0.2) is 0 Å². The standard InChI is InChI=1S/C13H23NO3/c1-2-6-16-7-8-17-13(15)12-11-5-3-4-10(11)9-14-12/h10-12,14H,2-9H2,1H3. The molecular formula is C13H23NO3. The molecule has 2 rings (SSSR count). The predicted octanol–water partition coefficient (Wildman–Crippen LogP) is 1.34. The van der Waals surface area contributed by atoms with Crippen molar-refractivity contribution in [1.29, 1.82) is 0 Å². The average Bonchev–Trinajstić information content (AvgIpc) is 2.90. The van der Waals surface area contributed by atoms with E-state index in [4.69, 9.17) is 9.47 Å². The second-order valence-corrected chi connectivity index (χ2v) is 5.02. The van der Waals surface area contributed by atoms with Crippen LogP contribution in [0.1, 0.15) is 32.6 Å². The number of hydrogen-bond acceptors (Lipinski definition) is 4. The van der Waals surface area contributed by atoms with E-state index in [1.807, 2.05) is 0 Å². The molecule has 2 aliphatic rings. The molecule has 2 fully saturated rings. The lowest BCUT2D eigenvalue weighted by Gasteiger charge is -2.16. The van der Waals surface area contributed by atoms with Crippen molar-refractivity contribution >= 4 is 5.97 Å². The highest BCUT2D eigenvalue weighted by atomic mass is 16.6. The number of hydrogen-bond donors (Lipinski definition) is 1. The first-order chi connectivity index (χ1) is 8.33. The minimum Gasteiger partial charge on any atom is -0.462 e. The van der Waals surface area contributed by atoms with Gasteiger partial charge in [-0.05, 0) is 37.6 Å². The third-order valence-electron chi connectivity index (χ3n) is 3.82. The number of rotatable bonds is 6. The van der Waals surface area contributed by atoms with Crippen LogP contribution < -0.4 is 5.32 Å². The molecule has 3 unspecified atom stereocenters. The number of nitrogens with one attached hydrogen (secondary N) is 1. The summed E-state index contributed by atoms with van der Waals surface area (Å²) in [6.07, 6.45) is 4.70. The maximum absolute atomic E-state index is 11.9. The molecule has 1 saturated carbocycles. The van der Waals surface area contributed by atoms with E-state index in [-0.39, 0.29) is 12.0 Å². The van der Waals surface area contributed by atoms with Crippen molar-refractivity contribution in [2.24, 2.45) is 11.8 Å². The lowest BCUT2D eigenvalue weighted by Crippen LogP contribution is -2.37. The quantitative estimate of drug-likeness (QED) is 0.563. The van der Waals surface area contributed by atoms with Crippen LogP contribution >= 0.6 is 0 Å². The number of ether oxygens (including phenoxy) is 2. The molecule has 1 aliphatic heterocycles. The third kappa shape index (κ3) is 3.19. The monoisotopic (exact) mass is 241 g/mol. The Morgan fingerprint density at radius 1 is 1.29 bits per heavy atom. The zero-order valence-electron chi connectivity index (χ0n) is 10.6. The fourth-order valence-electron chi connectivity index (χ4n) is 2.98. The molecule has 17 heavy (non-hydrogen) atoms. The molecule has 3 atom stereocenters. The molecule has 1 heterocycles. The van der Waals surface area contributed by atoms with Crippen molar-refractivity contribution in [2.45, 2.75) is 38.6 Å². The fourth-order valence-corrected chi connectivity index (χ4v) is 2.98. The minimum absolute atomic E-state index is 0.0614. The SMILES string of the molecule is CCCOCCOC(=O)C1NCC2CCCC21. The highest BCUT2D eigenvalue weighted by Gasteiger charge is 2.43. The Morgan fingerprint density at radius 3 is 3.00 bits per heavy atom. The van der Waals surface area contributed by atoms with Crippen molar-refractivity contribution in [3.8, 4) is 0 Å². The molecule has 1 N–H and O–H groups in total. The summed E-state index contributed by atoms with van der Waals surface area (Å²) in [5.74, 6) is 1.13. The Balaban J connectivity index is 1.66. The molecule has 4 nitrogen and oxygen atoms in total. The Hall–Kier alpha value is -0.610. The van der Waals surface area contributed by atoms with E-state index in [2.05, 4.69) is 12.2 Å². The van der Waals surface area contributed by atoms with Gasteiger partial charge >= 0.3 is 5.97 Å². The van der Waals surface area contributed by atoms with Gasteiger partial charge in [-0.3, -0.25) is 4.79 Å². The van der Waals surface area contributed by atoms with E-state index < -0.39 is 0 Å². The first kappa shape index (κ1) is 12.8. The van der Waals surface area contributed by atoms with Crippen LogP contribution in [0, 0.1) is 11.8 Å². The molecule has 0 aromatic rings. The van der Waals surface area contributed by atoms with Gasteiger partial charge in [0, 0.05) is 6.61 Å². The average molecular weight is 241 g/mol. The van der Waals surface area contributed by atoms with E-state index >= 15 is 0 Å². The van der Waals surface area contributed by atoms with Crippen molar-refractivity contribution in [2.75, 3.05) is 26.4 Å². The molecule has 98 valence electrons. The lowest BCUT2D eigenvalue weighted by molar-refractivity contribution is -0.148. The van der Waals surface area contributed by atoms with Gasteiger partial charge in [0.15, 0.2) is 0 Å². The van der Waals surface area contributed by atoms with Crippen LogP contribution in [0.5, 0.6) is 0 Å². The molecule has 0 amide bonds. The molecule has 0 spiro atoms. The van der Waals surface area contributed by atoms with E-state index in [0.29, 0.717) is 25.0 Å². The summed E-state index contributed by atoms with van der Waals surface area (Å²) in [6, 6.07) is -0.0614. The van der Waals surface area contributed by atoms with Crippen molar-refractivity contribution in [1.82, 2.24) is 5.32 Å². The Kier molecular flexibility index (Phi) is 4.80. The summed E-state index contributed by atoms with van der Waals surface area (Å²) in [4.78, 5) is 11.9. The van der Waals surface area contributed by atoms with Crippen LogP contribution in [0.2, 0.25) is 0 Å². The molecule has 0 bridgehead atoms. The highest BCUT2D eigenvalue weighted by Crippen LogP contribution is 2.37. The van der Waals surface area contributed by atoms with Crippen LogP contribution in [0.4, 0.5) is 0 Å². The molecule has 4 heteroatoms. The van der Waals surface area contributed by atoms with E-state index in [1.165, 1.54) is 19.3 Å². The summed E-state index contributed by atoms with van der Waals surface area (Å²) in [6.45, 7) is 4.68. The molecule has 1 aliphatic carbocycles. The van der Waals surface area contributed by atoms with E-state index in [0.717, 1.165) is 19.6 Å². The van der Waals surface area contributed by atoms with Crippen LogP contribution in [0.3, 0.4) is 0 Å². The largest absolute Gasteiger partial charge is 0.462 e. The van der Waals surface area contributed by atoms with Crippen molar-refractivity contribution in [3.05, 3.63) is 0 Å². The van der Waals surface area contributed by atoms with Gasteiger partial charge in [-0.2, -0.15) is 0 Å². The highest BCUT2D eigenvalue weighted by molar-refractivity contribution is 5.76. The van der Waals surface area contributed by atoms with Gasteiger partial charge in [-0.15, -0.1) is 0 Å². The van der Waals surface area contributed by atoms with Gasteiger partial charge in [0.25, 0.3) is 0 Å². The normalized spacial score (nSPS) is 31.5. The third-order valence-corrected chi connectivity index (χ3v) is 3.82. The molecular weight excluding hydrogens is 218 g/mol. The maximum Gasteiger partial charge on any atom is 0.323 e. The molecule has 1 saturated heterocycles. The summed E-state index contributed by atoms with van der Waals surface area (Å²) in [5, 5.41) is 3.30. The van der Waals surface area contributed by atoms with Crippen molar-refractivity contribution < 1.29 is 14.3 Å². The van der Waals surface area contributed by atoms with Crippen LogP contribution in [-0.2, 0) is 14.3 Å². The maximum atomic E-state index is 11.9. The van der Waals surface area contributed by atoms with E-state index in [1.54, 1.807) is 0 Å². The molecule has 0 radical (unpaired) electrons. The predicted molar refractivity (Wildman–Crippen MR) is 64.7 cm³/mol. The number of fused-ring (bicyclic) bond motifs is 1. The summed E-state index contributed by atoms with van der Waals surface area (Å²) < 4.78 is 10.5. The molecule has 0 aromatic carbocycles. The summed E-state index contributed by atoms with van der Waals surface area (Å²) in [7, 11) is 0. The lowest BCUT2D eigenvalue weighted by atomic mass is 9.94. The Labute approximate surface area is 103 Å². The second kappa shape index (κ2) is 6.36. The van der Waals surface area contributed by atoms with Gasteiger partial charge in [-0.1, -0.05) is 13.3 Å². The number of esters is 1. The van der Waals surface area contributed by atoms with Gasteiger partial charge in [-0.25, -0.2) is 0 Å². The van der Waals surface area contributed by atoms with Gasteiger partial charge in [0.05, 0.1) is 6.61 Å². The smallest absolute Gasteiger partial charge is 0.323 e. The van der Waals surface area contributed by atoms with Crippen LogP contribution in [0.25, 0.3) is 0 Å². The first-order valence-electron chi connectivity index (χ1n) is 6.80. The Bertz CT molecular complexity index is 257. The Morgan fingerprint density at radius 2 is 2.18 bits per heavy atom. The van der Waals surface area contributed by atoms with Crippen LogP contribution in [-0.4, -0.2) is 38.4 Å². The fraction of sp³-hybridized carbons (Fsp3) is 0.923. The van der Waals surface area contributed by atoms with Gasteiger partial charge < -0.3 is 14.8 Å². The summed E-state index contributed by atoms with van der Waals surface area (Å²) >= 11 is 0. The number of carbonyl (C=O) groups excluding carboxylic acids is 1. The zero-order valence-corrected chi connectivity index (χ0v) is 10.6. The topological polar surface area (TPSA) is 47.6 Å². The van der Waals surface area contributed by atoms with Crippen molar-refractivity contribution in [3.63, 3.8) is 0 Å². The molecule has 0 aromatic heterocycles. The summed E-state index contributed by atoms with van der Waals surface area (Å²) in [5.41, 5.74) is 0. The van der Waals surface area contributed by atoms with Gasteiger partial charge in [0.1, 0.15) is 12.6 Å². The minimum atomic E-state index is -0.0838. The first-order valence-corrected chi connectivity index (χ1v) is 6.80. The van der Waals surface area contributed by atoms with Gasteiger partial charge in [0.2, 0.25) is 0 Å². The van der Waals surface area contributed by atoms with E-state index in [9.17, 15) is 4.79 Å². The second-order valence-electron chi connectivity index (χ2n) is 5.02. The zero-order chi connectivity index (χ0) is 12.1.